The van der Waals surface area contributed by atoms with Crippen LogP contribution in [-0.2, 0) is 14.3 Å². The molecule has 1 N–H and O–H groups in total. The van der Waals surface area contributed by atoms with E-state index in [9.17, 15) is 9.59 Å². The lowest BCUT2D eigenvalue weighted by molar-refractivity contribution is -0.140. The van der Waals surface area contributed by atoms with E-state index in [0.717, 1.165) is 45.1 Å². The lowest BCUT2D eigenvalue weighted by Gasteiger charge is -2.28. The highest BCUT2D eigenvalue weighted by molar-refractivity contribution is 5.94. The molecular formula is C18H29N3O4. The van der Waals surface area contributed by atoms with E-state index in [2.05, 4.69) is 17.4 Å². The van der Waals surface area contributed by atoms with E-state index in [4.69, 9.17) is 9.26 Å². The number of nitrogens with zero attached hydrogens (tertiary/aromatic N) is 2. The molecule has 0 bridgehead atoms. The van der Waals surface area contributed by atoms with E-state index >= 15 is 0 Å². The lowest BCUT2D eigenvalue weighted by Crippen LogP contribution is -2.45. The van der Waals surface area contributed by atoms with Gasteiger partial charge in [-0.2, -0.15) is 0 Å². The summed E-state index contributed by atoms with van der Waals surface area (Å²) in [5, 5.41) is 6.32. The number of rotatable bonds is 10. The van der Waals surface area contributed by atoms with Gasteiger partial charge in [0.25, 0.3) is 0 Å². The van der Waals surface area contributed by atoms with E-state index in [1.807, 2.05) is 6.92 Å². The Morgan fingerprint density at radius 3 is 2.88 bits per heavy atom. The summed E-state index contributed by atoms with van der Waals surface area (Å²) in [5.74, 6) is 0.0843. The summed E-state index contributed by atoms with van der Waals surface area (Å²) in [7, 11) is 0. The smallest absolute Gasteiger partial charge is 0.245 e. The first-order valence-electron chi connectivity index (χ1n) is 9.24. The summed E-state index contributed by atoms with van der Waals surface area (Å²) in [6.07, 6.45) is 7.07. The first-order chi connectivity index (χ1) is 12.1. The summed E-state index contributed by atoms with van der Waals surface area (Å²) >= 11 is 0. The number of anilines is 1. The standard InChI is InChI=1S/C18H29N3O4/c1-3-5-7-14(4-2)18(23)21(12-15-8-6-10-24-15)13-17(22)19-16-9-11-25-20-16/h9,11,14-15H,3-8,10,12-13H2,1-2H3,(H,19,20,22). The molecule has 1 aliphatic rings. The maximum absolute atomic E-state index is 13.0. The molecule has 7 nitrogen and oxygen atoms in total. The Hall–Kier alpha value is -1.89. The molecule has 1 aliphatic heterocycles. The highest BCUT2D eigenvalue weighted by Gasteiger charge is 2.28. The van der Waals surface area contributed by atoms with Crippen molar-refractivity contribution in [2.45, 2.75) is 58.5 Å². The van der Waals surface area contributed by atoms with Crippen LogP contribution >= 0.6 is 0 Å². The highest BCUT2D eigenvalue weighted by atomic mass is 16.5. The van der Waals surface area contributed by atoms with Crippen LogP contribution in [0, 0.1) is 5.92 Å². The van der Waals surface area contributed by atoms with Gasteiger partial charge in [0, 0.05) is 25.1 Å². The third-order valence-electron chi connectivity index (χ3n) is 4.55. The summed E-state index contributed by atoms with van der Waals surface area (Å²) in [5.41, 5.74) is 0. The maximum Gasteiger partial charge on any atom is 0.245 e. The number of hydrogen-bond donors (Lipinski definition) is 1. The van der Waals surface area contributed by atoms with Gasteiger partial charge in [-0.3, -0.25) is 9.59 Å². The topological polar surface area (TPSA) is 84.7 Å². The van der Waals surface area contributed by atoms with Crippen LogP contribution in [0.15, 0.2) is 16.9 Å². The minimum absolute atomic E-state index is 0.00811. The molecule has 1 aromatic heterocycles. The number of hydrogen-bond acceptors (Lipinski definition) is 5. The first-order valence-corrected chi connectivity index (χ1v) is 9.24. The van der Waals surface area contributed by atoms with Gasteiger partial charge in [-0.15, -0.1) is 0 Å². The van der Waals surface area contributed by atoms with Crippen molar-refractivity contribution in [3.63, 3.8) is 0 Å². The minimum atomic E-state index is -0.273. The normalized spacial score (nSPS) is 18.1. The van der Waals surface area contributed by atoms with Crippen LogP contribution in [0.3, 0.4) is 0 Å². The average molecular weight is 351 g/mol. The third-order valence-corrected chi connectivity index (χ3v) is 4.55. The number of unbranched alkanes of at least 4 members (excludes halogenated alkanes) is 1. The second-order valence-electron chi connectivity index (χ2n) is 6.53. The Labute approximate surface area is 149 Å². The zero-order valence-electron chi connectivity index (χ0n) is 15.2. The van der Waals surface area contributed by atoms with Crippen LogP contribution in [-0.4, -0.2) is 47.7 Å². The molecule has 0 spiro atoms. The quantitative estimate of drug-likeness (QED) is 0.701. The predicted molar refractivity (Wildman–Crippen MR) is 94.0 cm³/mol. The van der Waals surface area contributed by atoms with Crippen LogP contribution in [0.2, 0.25) is 0 Å². The highest BCUT2D eigenvalue weighted by Crippen LogP contribution is 2.19. The van der Waals surface area contributed by atoms with Crippen LogP contribution in [0.5, 0.6) is 0 Å². The molecule has 1 fully saturated rings. The van der Waals surface area contributed by atoms with Crippen LogP contribution in [0.1, 0.15) is 52.4 Å². The molecule has 0 radical (unpaired) electrons. The fraction of sp³-hybridized carbons (Fsp3) is 0.722. The van der Waals surface area contributed by atoms with Crippen molar-refractivity contribution in [3.05, 3.63) is 12.3 Å². The second-order valence-corrected chi connectivity index (χ2v) is 6.53. The van der Waals surface area contributed by atoms with Gasteiger partial charge in [0.2, 0.25) is 11.8 Å². The van der Waals surface area contributed by atoms with E-state index in [1.54, 1.807) is 11.0 Å². The molecule has 2 unspecified atom stereocenters. The van der Waals surface area contributed by atoms with Crippen LogP contribution < -0.4 is 5.32 Å². The molecule has 1 aromatic rings. The average Bonchev–Trinajstić information content (AvgIpc) is 3.28. The molecule has 2 heterocycles. The zero-order valence-corrected chi connectivity index (χ0v) is 15.2. The van der Waals surface area contributed by atoms with Crippen molar-refractivity contribution in [2.75, 3.05) is 25.0 Å². The van der Waals surface area contributed by atoms with Crippen LogP contribution in [0.25, 0.3) is 0 Å². The summed E-state index contributed by atoms with van der Waals surface area (Å²) in [6, 6.07) is 1.57. The summed E-state index contributed by atoms with van der Waals surface area (Å²) in [4.78, 5) is 26.9. The van der Waals surface area contributed by atoms with Crippen molar-refractivity contribution >= 4 is 17.6 Å². The van der Waals surface area contributed by atoms with E-state index in [1.165, 1.54) is 6.26 Å². The van der Waals surface area contributed by atoms with Gasteiger partial charge < -0.3 is 19.5 Å². The van der Waals surface area contributed by atoms with Crippen molar-refractivity contribution in [1.82, 2.24) is 10.1 Å². The van der Waals surface area contributed by atoms with Gasteiger partial charge in [0.15, 0.2) is 5.82 Å². The fourth-order valence-electron chi connectivity index (χ4n) is 3.11. The Morgan fingerprint density at radius 2 is 2.28 bits per heavy atom. The second kappa shape index (κ2) is 10.2. The summed E-state index contributed by atoms with van der Waals surface area (Å²) < 4.78 is 10.4. The van der Waals surface area contributed by atoms with Gasteiger partial charge in [-0.05, 0) is 25.7 Å². The zero-order chi connectivity index (χ0) is 18.1. The van der Waals surface area contributed by atoms with Crippen LogP contribution in [0.4, 0.5) is 5.82 Å². The number of carbonyl (C=O) groups is 2. The minimum Gasteiger partial charge on any atom is -0.376 e. The Bertz CT molecular complexity index is 526. The van der Waals surface area contributed by atoms with Crippen molar-refractivity contribution in [3.8, 4) is 0 Å². The number of ether oxygens (including phenoxy) is 1. The van der Waals surface area contributed by atoms with Crippen molar-refractivity contribution in [1.29, 1.82) is 0 Å². The third kappa shape index (κ3) is 6.16. The molecule has 140 valence electrons. The molecule has 2 rings (SSSR count). The number of carbonyl (C=O) groups excluding carboxylic acids is 2. The number of nitrogens with one attached hydrogen (secondary N) is 1. The SMILES string of the molecule is CCCCC(CC)C(=O)N(CC(=O)Nc1ccon1)CC1CCCO1. The maximum atomic E-state index is 13.0. The lowest BCUT2D eigenvalue weighted by atomic mass is 9.97. The molecule has 0 aliphatic carbocycles. The van der Waals surface area contributed by atoms with Gasteiger partial charge in [-0.1, -0.05) is 31.8 Å². The monoisotopic (exact) mass is 351 g/mol. The van der Waals surface area contributed by atoms with E-state index in [-0.39, 0.29) is 30.4 Å². The fourth-order valence-corrected chi connectivity index (χ4v) is 3.11. The molecule has 25 heavy (non-hydrogen) atoms. The Morgan fingerprint density at radius 1 is 1.44 bits per heavy atom. The molecule has 2 atom stereocenters. The largest absolute Gasteiger partial charge is 0.376 e. The van der Waals surface area contributed by atoms with Crippen molar-refractivity contribution in [2.24, 2.45) is 5.92 Å². The number of aromatic nitrogens is 1. The van der Waals surface area contributed by atoms with Gasteiger partial charge in [-0.25, -0.2) is 0 Å². The molecule has 0 aromatic carbocycles. The number of amides is 2. The van der Waals surface area contributed by atoms with Crippen molar-refractivity contribution < 1.29 is 18.8 Å². The Balaban J connectivity index is 1.99. The predicted octanol–water partition coefficient (Wildman–Crippen LogP) is 2.84. The Kier molecular flexibility index (Phi) is 7.91. The first kappa shape index (κ1) is 19.4. The molecule has 1 saturated heterocycles. The van der Waals surface area contributed by atoms with E-state index in [0.29, 0.717) is 12.4 Å². The molecular weight excluding hydrogens is 322 g/mol. The van der Waals surface area contributed by atoms with E-state index < -0.39 is 0 Å². The molecule has 0 saturated carbocycles. The molecule has 2 amide bonds. The van der Waals surface area contributed by atoms with Gasteiger partial charge >= 0.3 is 0 Å². The van der Waals surface area contributed by atoms with Gasteiger partial charge in [0.05, 0.1) is 6.10 Å². The summed E-state index contributed by atoms with van der Waals surface area (Å²) in [6.45, 7) is 5.34. The molecule has 7 heteroatoms. The van der Waals surface area contributed by atoms with Gasteiger partial charge in [0.1, 0.15) is 12.8 Å².